The first kappa shape index (κ1) is 24.2. The van der Waals surface area contributed by atoms with Gasteiger partial charge in [0.15, 0.2) is 0 Å². The molecule has 0 aliphatic heterocycles. The topological polar surface area (TPSA) is 89.1 Å². The van der Waals surface area contributed by atoms with Crippen LogP contribution in [0.4, 0.5) is 26.0 Å². The van der Waals surface area contributed by atoms with Gasteiger partial charge >= 0.3 is 0 Å². The van der Waals surface area contributed by atoms with E-state index in [1.807, 2.05) is 25.2 Å². The van der Waals surface area contributed by atoms with Crippen LogP contribution in [0.5, 0.6) is 0 Å². The standard InChI is InChI=1S/C24H21ClF2N6O2/c1-31(2)7-8-32-14-17(13-28-32)15-3-6-21(22(9-15)33(34)35)29-24-11-16(10-23(25)30-24)19-5-4-18(26)12-20(19)27/h3-6,9-14H,7-8H2,1-2H3,(H,29,30). The van der Waals surface area contributed by atoms with Crippen LogP contribution in [0, 0.1) is 21.7 Å². The van der Waals surface area contributed by atoms with Crippen molar-refractivity contribution in [3.05, 3.63) is 87.8 Å². The number of nitrogens with one attached hydrogen (secondary N) is 1. The molecule has 0 aliphatic rings. The highest BCUT2D eigenvalue weighted by molar-refractivity contribution is 6.29. The molecule has 0 unspecified atom stereocenters. The van der Waals surface area contributed by atoms with Crippen molar-refractivity contribution < 1.29 is 13.7 Å². The molecule has 0 spiro atoms. The average Bonchev–Trinajstić information content (AvgIpc) is 3.26. The van der Waals surface area contributed by atoms with Gasteiger partial charge in [-0.25, -0.2) is 13.8 Å². The minimum absolute atomic E-state index is 0.0399. The second-order valence-corrected chi connectivity index (χ2v) is 8.48. The van der Waals surface area contributed by atoms with Crippen LogP contribution in [0.3, 0.4) is 0 Å². The van der Waals surface area contributed by atoms with Crippen molar-refractivity contribution >= 4 is 28.8 Å². The number of halogens is 3. The quantitative estimate of drug-likeness (QED) is 0.189. The highest BCUT2D eigenvalue weighted by Gasteiger charge is 2.18. The number of aromatic nitrogens is 3. The SMILES string of the molecule is CN(C)CCn1cc(-c2ccc(Nc3cc(-c4ccc(F)cc4F)cc(Cl)n3)c([N+](=O)[O-])c2)cn1. The first-order valence-electron chi connectivity index (χ1n) is 10.6. The van der Waals surface area contributed by atoms with Gasteiger partial charge in [-0.3, -0.25) is 14.8 Å². The van der Waals surface area contributed by atoms with E-state index < -0.39 is 16.6 Å². The highest BCUT2D eigenvalue weighted by Crippen LogP contribution is 2.34. The summed E-state index contributed by atoms with van der Waals surface area (Å²) in [6.45, 7) is 1.49. The van der Waals surface area contributed by atoms with Gasteiger partial charge in [0.1, 0.15) is 28.3 Å². The third-order valence-corrected chi connectivity index (χ3v) is 5.43. The van der Waals surface area contributed by atoms with E-state index in [1.165, 1.54) is 24.3 Å². The molecule has 2 heterocycles. The Morgan fingerprint density at radius 1 is 1.09 bits per heavy atom. The zero-order valence-corrected chi connectivity index (χ0v) is 19.6. The Balaban J connectivity index is 1.64. The lowest BCUT2D eigenvalue weighted by Gasteiger charge is -2.11. The van der Waals surface area contributed by atoms with Crippen LogP contribution in [0.15, 0.2) is 60.9 Å². The Labute approximate surface area is 204 Å². The fraction of sp³-hybridized carbons (Fsp3) is 0.167. The van der Waals surface area contributed by atoms with Crippen molar-refractivity contribution in [2.75, 3.05) is 26.0 Å². The molecular weight excluding hydrogens is 478 g/mol. The number of hydrogen-bond donors (Lipinski definition) is 1. The van der Waals surface area contributed by atoms with Crippen LogP contribution in [0.1, 0.15) is 0 Å². The molecular formula is C24H21ClF2N6O2. The predicted molar refractivity (Wildman–Crippen MR) is 131 cm³/mol. The maximum Gasteiger partial charge on any atom is 0.293 e. The van der Waals surface area contributed by atoms with Gasteiger partial charge in [0.25, 0.3) is 5.69 Å². The lowest BCUT2D eigenvalue weighted by molar-refractivity contribution is -0.383. The predicted octanol–water partition coefficient (Wildman–Crippen LogP) is 5.76. The van der Waals surface area contributed by atoms with Crippen LogP contribution < -0.4 is 5.32 Å². The van der Waals surface area contributed by atoms with Crippen LogP contribution in [0.2, 0.25) is 5.15 Å². The largest absolute Gasteiger partial charge is 0.335 e. The van der Waals surface area contributed by atoms with Crippen LogP contribution in [-0.4, -0.2) is 45.2 Å². The molecule has 0 fully saturated rings. The van der Waals surface area contributed by atoms with Crippen molar-refractivity contribution in [2.24, 2.45) is 0 Å². The van der Waals surface area contributed by atoms with Crippen LogP contribution in [-0.2, 0) is 6.54 Å². The monoisotopic (exact) mass is 498 g/mol. The molecule has 4 aromatic rings. The number of benzene rings is 2. The maximum absolute atomic E-state index is 14.3. The number of pyridine rings is 1. The molecule has 0 atom stereocenters. The van der Waals surface area contributed by atoms with E-state index in [0.29, 0.717) is 17.7 Å². The zero-order chi connectivity index (χ0) is 25.1. The fourth-order valence-corrected chi connectivity index (χ4v) is 3.69. The van der Waals surface area contributed by atoms with Crippen molar-refractivity contribution in [1.82, 2.24) is 19.7 Å². The maximum atomic E-state index is 14.3. The van der Waals surface area contributed by atoms with E-state index in [0.717, 1.165) is 24.2 Å². The Morgan fingerprint density at radius 3 is 2.60 bits per heavy atom. The van der Waals surface area contributed by atoms with Gasteiger partial charge < -0.3 is 10.2 Å². The summed E-state index contributed by atoms with van der Waals surface area (Å²) in [5.41, 5.74) is 1.84. The lowest BCUT2D eigenvalue weighted by atomic mass is 10.1. The molecule has 35 heavy (non-hydrogen) atoms. The summed E-state index contributed by atoms with van der Waals surface area (Å²) in [6, 6.07) is 10.8. The first-order valence-corrected chi connectivity index (χ1v) is 10.9. The highest BCUT2D eigenvalue weighted by atomic mass is 35.5. The second-order valence-electron chi connectivity index (χ2n) is 8.10. The molecule has 0 radical (unpaired) electrons. The number of rotatable bonds is 8. The summed E-state index contributed by atoms with van der Waals surface area (Å²) in [4.78, 5) is 17.5. The van der Waals surface area contributed by atoms with E-state index in [1.54, 1.807) is 23.0 Å². The van der Waals surface area contributed by atoms with Gasteiger partial charge in [-0.05, 0) is 55.6 Å². The third-order valence-electron chi connectivity index (χ3n) is 5.24. The number of nitrogens with zero attached hydrogens (tertiary/aromatic N) is 5. The summed E-state index contributed by atoms with van der Waals surface area (Å²) in [7, 11) is 3.93. The normalized spacial score (nSPS) is 11.1. The van der Waals surface area contributed by atoms with E-state index in [2.05, 4.69) is 15.4 Å². The van der Waals surface area contributed by atoms with Crippen molar-refractivity contribution in [3.8, 4) is 22.3 Å². The van der Waals surface area contributed by atoms with E-state index in [-0.39, 0.29) is 27.9 Å². The smallest absolute Gasteiger partial charge is 0.293 e. The minimum atomic E-state index is -0.764. The molecule has 2 aromatic carbocycles. The summed E-state index contributed by atoms with van der Waals surface area (Å²) in [6.07, 6.45) is 3.49. The molecule has 0 saturated carbocycles. The molecule has 0 aliphatic carbocycles. The molecule has 1 N–H and O–H groups in total. The lowest BCUT2D eigenvalue weighted by Crippen LogP contribution is -2.18. The number of nitro benzene ring substituents is 1. The van der Waals surface area contributed by atoms with Crippen molar-refractivity contribution in [2.45, 2.75) is 6.54 Å². The second kappa shape index (κ2) is 10.2. The Bertz CT molecular complexity index is 1390. The van der Waals surface area contributed by atoms with Gasteiger partial charge in [-0.15, -0.1) is 0 Å². The number of likely N-dealkylation sites (N-methyl/N-ethyl adjacent to an activating group) is 1. The molecule has 0 saturated heterocycles. The van der Waals surface area contributed by atoms with E-state index in [9.17, 15) is 18.9 Å². The molecule has 180 valence electrons. The van der Waals surface area contributed by atoms with Gasteiger partial charge in [0.2, 0.25) is 0 Å². The first-order chi connectivity index (χ1) is 16.7. The molecule has 2 aromatic heterocycles. The van der Waals surface area contributed by atoms with Gasteiger partial charge in [0, 0.05) is 36.0 Å². The van der Waals surface area contributed by atoms with Crippen molar-refractivity contribution in [3.63, 3.8) is 0 Å². The summed E-state index contributed by atoms with van der Waals surface area (Å²) in [5.74, 6) is -1.30. The number of nitro groups is 1. The van der Waals surface area contributed by atoms with Crippen LogP contribution >= 0.6 is 11.6 Å². The number of anilines is 2. The molecule has 0 amide bonds. The van der Waals surface area contributed by atoms with E-state index in [4.69, 9.17) is 11.6 Å². The molecule has 4 rings (SSSR count). The average molecular weight is 499 g/mol. The van der Waals surface area contributed by atoms with E-state index >= 15 is 0 Å². The summed E-state index contributed by atoms with van der Waals surface area (Å²) < 4.78 is 29.3. The Morgan fingerprint density at radius 2 is 1.89 bits per heavy atom. The Kier molecular flexibility index (Phi) is 7.04. The molecule has 8 nitrogen and oxygen atoms in total. The van der Waals surface area contributed by atoms with Crippen molar-refractivity contribution in [1.29, 1.82) is 0 Å². The molecule has 11 heteroatoms. The Hall–Kier alpha value is -3.89. The van der Waals surface area contributed by atoms with Gasteiger partial charge in [0.05, 0.1) is 17.7 Å². The number of hydrogen-bond acceptors (Lipinski definition) is 6. The van der Waals surface area contributed by atoms with Crippen LogP contribution in [0.25, 0.3) is 22.3 Å². The fourth-order valence-electron chi connectivity index (χ4n) is 3.48. The third kappa shape index (κ3) is 5.79. The summed E-state index contributed by atoms with van der Waals surface area (Å²) in [5, 5.41) is 19.1. The molecule has 0 bridgehead atoms. The summed E-state index contributed by atoms with van der Waals surface area (Å²) >= 11 is 6.11. The van der Waals surface area contributed by atoms with Gasteiger partial charge in [-0.2, -0.15) is 5.10 Å². The minimum Gasteiger partial charge on any atom is -0.335 e. The zero-order valence-electron chi connectivity index (χ0n) is 18.9. The van der Waals surface area contributed by atoms with Gasteiger partial charge in [-0.1, -0.05) is 17.7 Å².